The van der Waals surface area contributed by atoms with Crippen molar-refractivity contribution < 1.29 is 4.74 Å². The second-order valence-corrected chi connectivity index (χ2v) is 13.8. The Bertz CT molecular complexity index is 387. The van der Waals surface area contributed by atoms with Crippen molar-refractivity contribution in [3.63, 3.8) is 0 Å². The molecule has 0 amide bonds. The van der Waals surface area contributed by atoms with E-state index >= 15 is 0 Å². The van der Waals surface area contributed by atoms with Gasteiger partial charge in [0.2, 0.25) is 0 Å². The van der Waals surface area contributed by atoms with Crippen molar-refractivity contribution in [2.45, 2.75) is 160 Å². The van der Waals surface area contributed by atoms with Crippen LogP contribution < -0.4 is 0 Å². The van der Waals surface area contributed by atoms with Crippen LogP contribution in [0, 0.1) is 34.5 Å². The molecule has 0 aromatic heterocycles. The number of hydrogen-bond donors (Lipinski definition) is 0. The van der Waals surface area contributed by atoms with Gasteiger partial charge in [-0.05, 0) is 85.9 Å². The molecule has 0 aliphatic heterocycles. The van der Waals surface area contributed by atoms with Gasteiger partial charge in [-0.25, -0.2) is 0 Å². The number of ether oxygens (including phenoxy) is 1. The Balaban J connectivity index is 5.05. The summed E-state index contributed by atoms with van der Waals surface area (Å²) in [6, 6.07) is 0. The molecular weight excluding hydrogens is 376 g/mol. The maximum Gasteiger partial charge on any atom is 0.0581 e. The van der Waals surface area contributed by atoms with Gasteiger partial charge in [0.05, 0.1) is 12.2 Å². The van der Waals surface area contributed by atoms with Crippen LogP contribution in [0.3, 0.4) is 0 Å². The molecule has 0 spiro atoms. The second-order valence-electron chi connectivity index (χ2n) is 13.8. The van der Waals surface area contributed by atoms with Crippen molar-refractivity contribution in [3.05, 3.63) is 0 Å². The highest BCUT2D eigenvalue weighted by Gasteiger charge is 2.24. The summed E-state index contributed by atoms with van der Waals surface area (Å²) in [4.78, 5) is 0. The summed E-state index contributed by atoms with van der Waals surface area (Å²) in [6.07, 6.45) is 13.5. The fourth-order valence-corrected chi connectivity index (χ4v) is 5.22. The first-order valence-electron chi connectivity index (χ1n) is 13.8. The van der Waals surface area contributed by atoms with Crippen LogP contribution in [-0.4, -0.2) is 12.2 Å². The average molecular weight is 439 g/mol. The van der Waals surface area contributed by atoms with Crippen LogP contribution in [-0.2, 0) is 4.74 Å². The van der Waals surface area contributed by atoms with Gasteiger partial charge < -0.3 is 4.74 Å². The van der Waals surface area contributed by atoms with Gasteiger partial charge in [-0.1, -0.05) is 95.9 Å². The van der Waals surface area contributed by atoms with E-state index in [2.05, 4.69) is 83.1 Å². The van der Waals surface area contributed by atoms with Crippen molar-refractivity contribution in [2.24, 2.45) is 34.5 Å². The van der Waals surface area contributed by atoms with Crippen molar-refractivity contribution in [3.8, 4) is 0 Å². The Morgan fingerprint density at radius 2 is 0.839 bits per heavy atom. The minimum absolute atomic E-state index is 0.425. The summed E-state index contributed by atoms with van der Waals surface area (Å²) in [5, 5.41) is 0. The zero-order valence-corrected chi connectivity index (χ0v) is 23.9. The molecule has 0 N–H and O–H groups in total. The zero-order valence-electron chi connectivity index (χ0n) is 23.9. The van der Waals surface area contributed by atoms with Gasteiger partial charge in [-0.2, -0.15) is 0 Å². The van der Waals surface area contributed by atoms with Gasteiger partial charge in [-0.15, -0.1) is 0 Å². The highest BCUT2D eigenvalue weighted by Crippen LogP contribution is 2.31. The van der Waals surface area contributed by atoms with E-state index in [0.29, 0.717) is 23.0 Å². The molecule has 0 saturated heterocycles. The third kappa shape index (κ3) is 18.1. The van der Waals surface area contributed by atoms with E-state index in [0.717, 1.165) is 23.7 Å². The van der Waals surface area contributed by atoms with Crippen LogP contribution in [0.4, 0.5) is 0 Å². The van der Waals surface area contributed by atoms with E-state index in [1.54, 1.807) is 0 Å². The molecule has 6 unspecified atom stereocenters. The highest BCUT2D eigenvalue weighted by molar-refractivity contribution is 4.74. The van der Waals surface area contributed by atoms with Crippen LogP contribution in [0.1, 0.15) is 147 Å². The molecule has 31 heavy (non-hydrogen) atoms. The smallest absolute Gasteiger partial charge is 0.0581 e. The lowest BCUT2D eigenvalue weighted by Crippen LogP contribution is -2.27. The first kappa shape index (κ1) is 31.0. The lowest BCUT2D eigenvalue weighted by atomic mass is 9.82. The largest absolute Gasteiger partial charge is 0.375 e. The van der Waals surface area contributed by atoms with E-state index in [9.17, 15) is 0 Å². The van der Waals surface area contributed by atoms with E-state index in [1.165, 1.54) is 64.2 Å². The Morgan fingerprint density at radius 3 is 1.10 bits per heavy atom. The molecule has 1 nitrogen and oxygen atoms in total. The summed E-state index contributed by atoms with van der Waals surface area (Å²) in [7, 11) is 0. The number of rotatable bonds is 16. The first-order chi connectivity index (χ1) is 14.1. The molecule has 0 aromatic carbocycles. The molecule has 0 saturated carbocycles. The minimum atomic E-state index is 0.425. The maximum atomic E-state index is 6.96. The predicted octanol–water partition coefficient (Wildman–Crippen LogP) is 10.3. The van der Waals surface area contributed by atoms with Gasteiger partial charge in [0.25, 0.3) is 0 Å². The summed E-state index contributed by atoms with van der Waals surface area (Å²) < 4.78 is 6.96. The van der Waals surface area contributed by atoms with Gasteiger partial charge >= 0.3 is 0 Å². The Morgan fingerprint density at radius 1 is 0.516 bits per heavy atom. The van der Waals surface area contributed by atoms with Crippen LogP contribution in [0.2, 0.25) is 0 Å². The molecule has 0 aromatic rings. The van der Waals surface area contributed by atoms with E-state index in [4.69, 9.17) is 4.74 Å². The minimum Gasteiger partial charge on any atom is -0.375 e. The predicted molar refractivity (Wildman–Crippen MR) is 142 cm³/mol. The summed E-state index contributed by atoms with van der Waals surface area (Å²) in [5.41, 5.74) is 0.851. The van der Waals surface area contributed by atoms with Crippen molar-refractivity contribution >= 4 is 0 Å². The third-order valence-electron chi connectivity index (χ3n) is 6.99. The fraction of sp³-hybridized carbons (Fsp3) is 1.00. The van der Waals surface area contributed by atoms with Gasteiger partial charge in [0.15, 0.2) is 0 Å². The van der Waals surface area contributed by atoms with E-state index in [-0.39, 0.29) is 0 Å². The standard InChI is InChI=1S/C30H62O/c1-13-23(3)19-27(17-15-25(5)21-29(7,8)9)31-28(20-24(4)14-2)18-16-26(6)22-30(10,11)12/h23-28H,13-22H2,1-12H3. The molecule has 0 bridgehead atoms. The average Bonchev–Trinajstić information content (AvgIpc) is 2.60. The van der Waals surface area contributed by atoms with Crippen LogP contribution in [0.5, 0.6) is 0 Å². The summed E-state index contributed by atoms with van der Waals surface area (Å²) in [5.74, 6) is 3.07. The molecule has 0 fully saturated rings. The van der Waals surface area contributed by atoms with Gasteiger partial charge in [0, 0.05) is 0 Å². The lowest BCUT2D eigenvalue weighted by molar-refractivity contribution is -0.0460. The Kier molecular flexibility index (Phi) is 15.0. The van der Waals surface area contributed by atoms with Crippen LogP contribution in [0.25, 0.3) is 0 Å². The number of hydrogen-bond acceptors (Lipinski definition) is 1. The third-order valence-corrected chi connectivity index (χ3v) is 6.99. The SMILES string of the molecule is CCC(C)CC(CCC(C)CC(C)(C)C)OC(CCC(C)CC(C)(C)C)CC(C)CC. The molecule has 0 aliphatic rings. The lowest BCUT2D eigenvalue weighted by Gasteiger charge is -2.31. The van der Waals surface area contributed by atoms with Crippen molar-refractivity contribution in [1.82, 2.24) is 0 Å². The molecule has 6 atom stereocenters. The molecule has 1 heteroatoms. The molecule has 0 radical (unpaired) electrons. The summed E-state index contributed by atoms with van der Waals surface area (Å²) >= 11 is 0. The molecule has 0 rings (SSSR count). The van der Waals surface area contributed by atoms with Crippen LogP contribution in [0.15, 0.2) is 0 Å². The highest BCUT2D eigenvalue weighted by atomic mass is 16.5. The maximum absolute atomic E-state index is 6.96. The van der Waals surface area contributed by atoms with Crippen molar-refractivity contribution in [1.29, 1.82) is 0 Å². The topological polar surface area (TPSA) is 9.23 Å². The fourth-order valence-electron chi connectivity index (χ4n) is 5.22. The Hall–Kier alpha value is -0.0400. The van der Waals surface area contributed by atoms with Gasteiger partial charge in [0.1, 0.15) is 0 Å². The normalized spacial score (nSPS) is 19.0. The summed E-state index contributed by atoms with van der Waals surface area (Å²) in [6.45, 7) is 28.6. The molecule has 188 valence electrons. The molecular formula is C30H62O. The molecule has 0 heterocycles. The Labute approximate surface area is 198 Å². The quantitative estimate of drug-likeness (QED) is 0.233. The second kappa shape index (κ2) is 15.0. The van der Waals surface area contributed by atoms with Gasteiger partial charge in [-0.3, -0.25) is 0 Å². The zero-order chi connectivity index (χ0) is 24.2. The van der Waals surface area contributed by atoms with Crippen molar-refractivity contribution in [2.75, 3.05) is 0 Å². The van der Waals surface area contributed by atoms with E-state index < -0.39 is 0 Å². The molecule has 0 aliphatic carbocycles. The monoisotopic (exact) mass is 438 g/mol. The van der Waals surface area contributed by atoms with Crippen LogP contribution >= 0.6 is 0 Å². The first-order valence-corrected chi connectivity index (χ1v) is 13.8. The van der Waals surface area contributed by atoms with E-state index in [1.807, 2.05) is 0 Å².